The minimum absolute atomic E-state index is 0.0923. The Morgan fingerprint density at radius 1 is 0.636 bits per heavy atom. The monoisotopic (exact) mass is 431 g/mol. The van der Waals surface area contributed by atoms with Gasteiger partial charge in [0.1, 0.15) is 11.5 Å². The maximum Gasteiger partial charge on any atom is 0.118 e. The van der Waals surface area contributed by atoms with Crippen LogP contribution in [0.1, 0.15) is 22.6 Å². The summed E-state index contributed by atoms with van der Waals surface area (Å²) in [6, 6.07) is 36.5. The number of ether oxygens (including phenoxy) is 1. The van der Waals surface area contributed by atoms with Crippen molar-refractivity contribution in [2.45, 2.75) is 5.92 Å². The molecule has 0 saturated heterocycles. The Bertz CT molecular complexity index is 1220. The highest BCUT2D eigenvalue weighted by Crippen LogP contribution is 2.42. The summed E-state index contributed by atoms with van der Waals surface area (Å²) in [5, 5.41) is 9.90. The Hall–Kier alpha value is -4.24. The molecule has 162 valence electrons. The van der Waals surface area contributed by atoms with Crippen molar-refractivity contribution in [2.75, 3.05) is 12.0 Å². The van der Waals surface area contributed by atoms with Crippen LogP contribution in [0.4, 0.5) is 5.69 Å². The molecule has 0 bridgehead atoms. The Morgan fingerprint density at radius 2 is 1.15 bits per heavy atom. The third-order valence-corrected chi connectivity index (χ3v) is 5.90. The summed E-state index contributed by atoms with van der Waals surface area (Å²) in [4.78, 5) is 2.27. The molecule has 33 heavy (non-hydrogen) atoms. The van der Waals surface area contributed by atoms with Gasteiger partial charge in [0.25, 0.3) is 0 Å². The van der Waals surface area contributed by atoms with Crippen LogP contribution in [0.5, 0.6) is 11.5 Å². The molecule has 5 rings (SSSR count). The Labute approximate surface area is 194 Å². The maximum absolute atomic E-state index is 9.90. The molecule has 0 unspecified atom stereocenters. The molecule has 0 fully saturated rings. The molecule has 4 aromatic carbocycles. The predicted octanol–water partition coefficient (Wildman–Crippen LogP) is 7.09. The molecule has 4 aromatic rings. The van der Waals surface area contributed by atoms with Crippen molar-refractivity contribution in [1.29, 1.82) is 0 Å². The van der Waals surface area contributed by atoms with Gasteiger partial charge in [-0.25, -0.2) is 0 Å². The number of phenols is 1. The van der Waals surface area contributed by atoms with Crippen molar-refractivity contribution >= 4 is 17.1 Å². The first-order chi connectivity index (χ1) is 16.2. The van der Waals surface area contributed by atoms with Gasteiger partial charge in [0.2, 0.25) is 0 Å². The van der Waals surface area contributed by atoms with Crippen LogP contribution in [0, 0.1) is 0 Å². The van der Waals surface area contributed by atoms with E-state index in [1.807, 2.05) is 36.4 Å². The van der Waals surface area contributed by atoms with Gasteiger partial charge in [-0.1, -0.05) is 72.8 Å². The molecule has 0 amide bonds. The predicted molar refractivity (Wildman–Crippen MR) is 135 cm³/mol. The molecule has 0 spiro atoms. The van der Waals surface area contributed by atoms with E-state index in [9.17, 15) is 5.11 Å². The van der Waals surface area contributed by atoms with Gasteiger partial charge in [0, 0.05) is 11.6 Å². The topological polar surface area (TPSA) is 32.7 Å². The number of rotatable bonds is 5. The fraction of sp³-hybridized carbons (Fsp3) is 0.0667. The second kappa shape index (κ2) is 9.09. The summed E-state index contributed by atoms with van der Waals surface area (Å²) in [6.07, 6.45) is 4.60. The van der Waals surface area contributed by atoms with Crippen LogP contribution in [0.3, 0.4) is 0 Å². The highest BCUT2D eigenvalue weighted by atomic mass is 16.5. The first-order valence-corrected chi connectivity index (χ1v) is 11.0. The van der Waals surface area contributed by atoms with Crippen LogP contribution in [-0.4, -0.2) is 12.2 Å². The average Bonchev–Trinajstić information content (AvgIpc) is 2.89. The zero-order valence-electron chi connectivity index (χ0n) is 18.4. The molecule has 1 aliphatic heterocycles. The Kier molecular flexibility index (Phi) is 5.69. The van der Waals surface area contributed by atoms with E-state index in [4.69, 9.17) is 4.74 Å². The van der Waals surface area contributed by atoms with Gasteiger partial charge in [-0.3, -0.25) is 0 Å². The lowest BCUT2D eigenvalue weighted by Crippen LogP contribution is -2.24. The number of allylic oxidation sites excluding steroid dienone is 2. The van der Waals surface area contributed by atoms with Gasteiger partial charge in [-0.05, 0) is 65.2 Å². The smallest absolute Gasteiger partial charge is 0.118 e. The normalized spacial score (nSPS) is 13.9. The lowest BCUT2D eigenvalue weighted by Gasteiger charge is -2.35. The van der Waals surface area contributed by atoms with Crippen molar-refractivity contribution in [3.8, 4) is 11.5 Å². The first-order valence-electron chi connectivity index (χ1n) is 11.0. The summed E-state index contributed by atoms with van der Waals surface area (Å²) in [5.74, 6) is 1.19. The third kappa shape index (κ3) is 4.26. The molecule has 0 saturated carbocycles. The number of benzene rings is 4. The van der Waals surface area contributed by atoms with E-state index in [1.165, 1.54) is 5.56 Å². The van der Waals surface area contributed by atoms with Crippen molar-refractivity contribution in [3.63, 3.8) is 0 Å². The largest absolute Gasteiger partial charge is 0.508 e. The number of methoxy groups -OCH3 is 1. The lowest BCUT2D eigenvalue weighted by atomic mass is 9.89. The van der Waals surface area contributed by atoms with Gasteiger partial charge >= 0.3 is 0 Å². The Morgan fingerprint density at radius 3 is 1.64 bits per heavy atom. The van der Waals surface area contributed by atoms with Crippen molar-refractivity contribution in [1.82, 2.24) is 0 Å². The van der Waals surface area contributed by atoms with Crippen molar-refractivity contribution in [2.24, 2.45) is 0 Å². The summed E-state index contributed by atoms with van der Waals surface area (Å²) in [6.45, 7) is 0. The fourth-order valence-corrected chi connectivity index (χ4v) is 4.23. The highest BCUT2D eigenvalue weighted by Gasteiger charge is 2.26. The van der Waals surface area contributed by atoms with Gasteiger partial charge in [-0.2, -0.15) is 0 Å². The summed E-state index contributed by atoms with van der Waals surface area (Å²) >= 11 is 0. The van der Waals surface area contributed by atoms with Gasteiger partial charge in [0.05, 0.1) is 18.5 Å². The summed E-state index contributed by atoms with van der Waals surface area (Å²) in [7, 11) is 1.69. The van der Waals surface area contributed by atoms with Gasteiger partial charge in [-0.15, -0.1) is 0 Å². The van der Waals surface area contributed by atoms with Crippen LogP contribution < -0.4 is 9.64 Å². The zero-order chi connectivity index (χ0) is 22.6. The standard InChI is InChI=1S/C30H25NO2/c1-33-28-18-12-22(13-19-28)25-20-29(23-8-4-2-5-9-23)31(26-14-16-27(32)17-15-26)30(21-25)24-10-6-3-7-11-24/h2-21,25,32H,1H3. The van der Waals surface area contributed by atoms with Gasteiger partial charge in [0.15, 0.2) is 0 Å². The second-order valence-corrected chi connectivity index (χ2v) is 7.99. The molecule has 3 heteroatoms. The summed E-state index contributed by atoms with van der Waals surface area (Å²) in [5.41, 5.74) is 6.65. The van der Waals surface area contributed by atoms with Crippen LogP contribution in [0.2, 0.25) is 0 Å². The number of phenolic OH excluding ortho intramolecular Hbond substituents is 1. The molecule has 0 aromatic heterocycles. The molecule has 0 atom stereocenters. The minimum atomic E-state index is 0.0923. The lowest BCUT2D eigenvalue weighted by molar-refractivity contribution is 0.414. The van der Waals surface area contributed by atoms with Crippen LogP contribution >= 0.6 is 0 Å². The zero-order valence-corrected chi connectivity index (χ0v) is 18.4. The van der Waals surface area contributed by atoms with E-state index in [0.29, 0.717) is 0 Å². The van der Waals surface area contributed by atoms with Crippen molar-refractivity contribution in [3.05, 3.63) is 138 Å². The molecule has 1 aliphatic rings. The first kappa shape index (κ1) is 20.7. The Balaban J connectivity index is 1.71. The van der Waals surface area contributed by atoms with E-state index < -0.39 is 0 Å². The molecule has 3 nitrogen and oxygen atoms in total. The maximum atomic E-state index is 9.90. The van der Waals surface area contributed by atoms with Gasteiger partial charge < -0.3 is 14.7 Å². The second-order valence-electron chi connectivity index (χ2n) is 7.99. The number of hydrogen-bond donors (Lipinski definition) is 1. The quantitative estimate of drug-likeness (QED) is 0.366. The summed E-state index contributed by atoms with van der Waals surface area (Å²) < 4.78 is 5.36. The van der Waals surface area contributed by atoms with E-state index >= 15 is 0 Å². The van der Waals surface area contributed by atoms with E-state index in [2.05, 4.69) is 77.7 Å². The average molecular weight is 432 g/mol. The molecular weight excluding hydrogens is 406 g/mol. The van der Waals surface area contributed by atoms with Crippen LogP contribution in [-0.2, 0) is 0 Å². The third-order valence-electron chi connectivity index (χ3n) is 5.90. The molecule has 1 heterocycles. The van der Waals surface area contributed by atoms with E-state index in [-0.39, 0.29) is 11.7 Å². The number of nitrogens with zero attached hydrogens (tertiary/aromatic N) is 1. The fourth-order valence-electron chi connectivity index (χ4n) is 4.23. The van der Waals surface area contributed by atoms with E-state index in [0.717, 1.165) is 34.0 Å². The van der Waals surface area contributed by atoms with Crippen LogP contribution in [0.25, 0.3) is 11.4 Å². The SMILES string of the molecule is COc1ccc(C2C=C(c3ccccc3)N(c3ccc(O)cc3)C(c3ccccc3)=C2)cc1. The number of anilines is 1. The molecule has 0 aliphatic carbocycles. The van der Waals surface area contributed by atoms with E-state index in [1.54, 1.807) is 19.2 Å². The number of aromatic hydroxyl groups is 1. The number of hydrogen-bond acceptors (Lipinski definition) is 3. The minimum Gasteiger partial charge on any atom is -0.508 e. The van der Waals surface area contributed by atoms with Crippen LogP contribution in [0.15, 0.2) is 121 Å². The molecule has 1 N–H and O–H groups in total. The molecular formula is C30H25NO2. The highest BCUT2D eigenvalue weighted by molar-refractivity contribution is 5.98. The molecule has 0 radical (unpaired) electrons. The van der Waals surface area contributed by atoms with Crippen molar-refractivity contribution < 1.29 is 9.84 Å².